The molecule has 3 N–H and O–H groups in total. The maximum atomic E-state index is 12.1. The predicted octanol–water partition coefficient (Wildman–Crippen LogP) is 3.03. The number of rotatable bonds is 4. The second-order valence-corrected chi connectivity index (χ2v) is 6.58. The number of hydrogen-bond donors (Lipinski definition) is 2. The maximum Gasteiger partial charge on any atom is 0.238 e. The summed E-state index contributed by atoms with van der Waals surface area (Å²) < 4.78 is 0. The molecule has 21 heavy (non-hydrogen) atoms. The minimum absolute atomic E-state index is 0.0191. The normalized spacial score (nSPS) is 18.4. The highest BCUT2D eigenvalue weighted by Gasteiger charge is 2.28. The molecule has 116 valence electrons. The van der Waals surface area contributed by atoms with Crippen molar-refractivity contribution >= 4 is 17.3 Å². The molecule has 2 rings (SSSR count). The molecule has 0 unspecified atom stereocenters. The number of amides is 1. The molecule has 0 spiro atoms. The average molecular weight is 289 g/mol. The van der Waals surface area contributed by atoms with Crippen molar-refractivity contribution in [1.82, 2.24) is 4.90 Å². The minimum atomic E-state index is 0.0191. The predicted molar refractivity (Wildman–Crippen MR) is 88.3 cm³/mol. The first-order valence-electron chi connectivity index (χ1n) is 7.80. The number of hydrogen-bond acceptors (Lipinski definition) is 3. The van der Waals surface area contributed by atoms with E-state index in [1.54, 1.807) is 0 Å². The molecular formula is C17H27N3O. The number of benzene rings is 1. The van der Waals surface area contributed by atoms with Crippen molar-refractivity contribution in [3.63, 3.8) is 0 Å². The molecular weight excluding hydrogens is 262 g/mol. The van der Waals surface area contributed by atoms with E-state index in [1.165, 1.54) is 19.3 Å². The highest BCUT2D eigenvalue weighted by molar-refractivity contribution is 5.95. The maximum absolute atomic E-state index is 12.1. The second kappa shape index (κ2) is 6.48. The van der Waals surface area contributed by atoms with Crippen molar-refractivity contribution in [2.75, 3.05) is 30.7 Å². The number of carbonyl (C=O) groups excluding carboxylic acids is 1. The molecule has 1 fully saturated rings. The van der Waals surface area contributed by atoms with E-state index >= 15 is 0 Å². The minimum Gasteiger partial charge on any atom is -0.397 e. The van der Waals surface area contributed by atoms with Crippen LogP contribution in [0.15, 0.2) is 18.2 Å². The smallest absolute Gasteiger partial charge is 0.238 e. The largest absolute Gasteiger partial charge is 0.397 e. The number of carbonyl (C=O) groups is 1. The first-order valence-corrected chi connectivity index (χ1v) is 7.80. The number of likely N-dealkylation sites (tertiary alicyclic amines) is 1. The highest BCUT2D eigenvalue weighted by Crippen LogP contribution is 2.33. The first kappa shape index (κ1) is 15.8. The molecule has 1 aliphatic rings. The summed E-state index contributed by atoms with van der Waals surface area (Å²) in [5, 5.41) is 2.91. The molecule has 1 amide bonds. The van der Waals surface area contributed by atoms with Gasteiger partial charge in [0.05, 0.1) is 17.9 Å². The number of nitrogens with one attached hydrogen (secondary N) is 1. The van der Waals surface area contributed by atoms with Gasteiger partial charge in [0, 0.05) is 0 Å². The Morgan fingerprint density at radius 2 is 2.05 bits per heavy atom. The van der Waals surface area contributed by atoms with Gasteiger partial charge in [0.25, 0.3) is 0 Å². The molecule has 1 saturated heterocycles. The molecule has 0 radical (unpaired) electrons. The van der Waals surface area contributed by atoms with Gasteiger partial charge < -0.3 is 11.1 Å². The van der Waals surface area contributed by atoms with Gasteiger partial charge in [-0.25, -0.2) is 0 Å². The Bertz CT molecular complexity index is 505. The van der Waals surface area contributed by atoms with Crippen LogP contribution in [-0.4, -0.2) is 30.4 Å². The SMILES string of the molecule is CCC1(C)CCN(CC(=O)Nc2ccc(C)cc2N)CC1. The van der Waals surface area contributed by atoms with Crippen molar-refractivity contribution in [3.05, 3.63) is 23.8 Å². The molecule has 1 heterocycles. The second-order valence-electron chi connectivity index (χ2n) is 6.58. The van der Waals surface area contributed by atoms with E-state index in [0.717, 1.165) is 18.7 Å². The topological polar surface area (TPSA) is 58.4 Å². The van der Waals surface area contributed by atoms with Crippen LogP contribution in [0, 0.1) is 12.3 Å². The number of anilines is 2. The molecule has 0 atom stereocenters. The molecule has 1 aromatic rings. The van der Waals surface area contributed by atoms with Crippen molar-refractivity contribution in [2.45, 2.75) is 40.0 Å². The Morgan fingerprint density at radius 3 is 2.62 bits per heavy atom. The molecule has 4 nitrogen and oxygen atoms in total. The van der Waals surface area contributed by atoms with Crippen molar-refractivity contribution in [3.8, 4) is 0 Å². The van der Waals surface area contributed by atoms with E-state index in [0.29, 0.717) is 23.3 Å². The molecule has 1 aromatic carbocycles. The zero-order valence-corrected chi connectivity index (χ0v) is 13.4. The van der Waals surface area contributed by atoms with E-state index in [9.17, 15) is 4.79 Å². The summed E-state index contributed by atoms with van der Waals surface area (Å²) in [6.45, 7) is 9.04. The highest BCUT2D eigenvalue weighted by atomic mass is 16.2. The van der Waals surface area contributed by atoms with Gasteiger partial charge in [0.1, 0.15) is 0 Å². The van der Waals surface area contributed by atoms with Crippen molar-refractivity contribution < 1.29 is 4.79 Å². The van der Waals surface area contributed by atoms with Crippen LogP contribution >= 0.6 is 0 Å². The summed E-state index contributed by atoms with van der Waals surface area (Å²) in [7, 11) is 0. The summed E-state index contributed by atoms with van der Waals surface area (Å²) in [6, 6.07) is 5.70. The van der Waals surface area contributed by atoms with Gasteiger partial charge in [0.2, 0.25) is 5.91 Å². The van der Waals surface area contributed by atoms with Crippen LogP contribution in [0.25, 0.3) is 0 Å². The average Bonchev–Trinajstić information content (AvgIpc) is 2.45. The van der Waals surface area contributed by atoms with Crippen LogP contribution in [0.2, 0.25) is 0 Å². The summed E-state index contributed by atoms with van der Waals surface area (Å²) in [5.74, 6) is 0.0191. The van der Waals surface area contributed by atoms with Crippen molar-refractivity contribution in [2.24, 2.45) is 5.41 Å². The fraction of sp³-hybridized carbons (Fsp3) is 0.588. The third kappa shape index (κ3) is 4.21. The Balaban J connectivity index is 1.85. The van der Waals surface area contributed by atoms with Crippen LogP contribution in [0.3, 0.4) is 0 Å². The van der Waals surface area contributed by atoms with Crippen molar-refractivity contribution in [1.29, 1.82) is 0 Å². The molecule has 0 bridgehead atoms. The van der Waals surface area contributed by atoms with Gasteiger partial charge in [-0.15, -0.1) is 0 Å². The van der Waals surface area contributed by atoms with Gasteiger partial charge in [-0.2, -0.15) is 0 Å². The van der Waals surface area contributed by atoms with Crippen LogP contribution in [-0.2, 0) is 4.79 Å². The van der Waals surface area contributed by atoms with Gasteiger partial charge in [0.15, 0.2) is 0 Å². The van der Waals surface area contributed by atoms with Crippen LogP contribution in [0.1, 0.15) is 38.7 Å². The Kier molecular flexibility index (Phi) is 4.88. The van der Waals surface area contributed by atoms with Gasteiger partial charge in [-0.05, 0) is 56.0 Å². The number of nitrogens with two attached hydrogens (primary N) is 1. The fourth-order valence-electron chi connectivity index (χ4n) is 2.79. The number of nitrogens with zero attached hydrogens (tertiary/aromatic N) is 1. The molecule has 0 saturated carbocycles. The summed E-state index contributed by atoms with van der Waals surface area (Å²) in [6.07, 6.45) is 3.56. The number of nitrogen functional groups attached to an aromatic ring is 1. The molecule has 4 heteroatoms. The monoisotopic (exact) mass is 289 g/mol. The van der Waals surface area contributed by atoms with Crippen LogP contribution < -0.4 is 11.1 Å². The van der Waals surface area contributed by atoms with E-state index in [2.05, 4.69) is 24.1 Å². The van der Waals surface area contributed by atoms with E-state index < -0.39 is 0 Å². The summed E-state index contributed by atoms with van der Waals surface area (Å²) in [4.78, 5) is 14.4. The molecule has 0 aliphatic carbocycles. The number of aryl methyl sites for hydroxylation is 1. The third-order valence-corrected chi connectivity index (χ3v) is 4.77. The molecule has 0 aromatic heterocycles. The lowest BCUT2D eigenvalue weighted by Crippen LogP contribution is -2.42. The number of piperidine rings is 1. The Labute approximate surface area is 127 Å². The zero-order chi connectivity index (χ0) is 15.5. The lowest BCUT2D eigenvalue weighted by Gasteiger charge is -2.38. The van der Waals surface area contributed by atoms with Crippen LogP contribution in [0.5, 0.6) is 0 Å². The van der Waals surface area contributed by atoms with E-state index in [4.69, 9.17) is 5.73 Å². The van der Waals surface area contributed by atoms with E-state index in [1.807, 2.05) is 25.1 Å². The Morgan fingerprint density at radius 1 is 1.38 bits per heavy atom. The van der Waals surface area contributed by atoms with Gasteiger partial charge in [-0.3, -0.25) is 9.69 Å². The van der Waals surface area contributed by atoms with Gasteiger partial charge >= 0.3 is 0 Å². The Hall–Kier alpha value is -1.55. The van der Waals surface area contributed by atoms with Crippen LogP contribution in [0.4, 0.5) is 11.4 Å². The molecule has 1 aliphatic heterocycles. The summed E-state index contributed by atoms with van der Waals surface area (Å²) >= 11 is 0. The fourth-order valence-corrected chi connectivity index (χ4v) is 2.79. The standard InChI is InChI=1S/C17H27N3O/c1-4-17(3)7-9-20(10-8-17)12-16(21)19-15-6-5-13(2)11-14(15)18/h5-6,11H,4,7-10,12,18H2,1-3H3,(H,19,21). The van der Waals surface area contributed by atoms with E-state index in [-0.39, 0.29) is 5.91 Å². The summed E-state index contributed by atoms with van der Waals surface area (Å²) in [5.41, 5.74) is 8.81. The van der Waals surface area contributed by atoms with Gasteiger partial charge in [-0.1, -0.05) is 26.3 Å². The quantitative estimate of drug-likeness (QED) is 0.838. The third-order valence-electron chi connectivity index (χ3n) is 4.77. The first-order chi connectivity index (χ1) is 9.92. The lowest BCUT2D eigenvalue weighted by molar-refractivity contribution is -0.117. The zero-order valence-electron chi connectivity index (χ0n) is 13.4. The lowest BCUT2D eigenvalue weighted by atomic mass is 9.78.